The van der Waals surface area contributed by atoms with Crippen molar-refractivity contribution in [2.24, 2.45) is 7.05 Å². The standard InChI is InChI=1S/C13H18F2N6O/c1-19-10(3-5-16-19)11-17-18-12(21(11)7-8-22-2)20-6-4-13(14,15)9-20/h3,5H,4,6-9H2,1-2H3. The molecule has 0 aromatic carbocycles. The third-order valence-corrected chi connectivity index (χ3v) is 3.75. The molecule has 1 aliphatic heterocycles. The van der Waals surface area contributed by atoms with Crippen molar-refractivity contribution in [1.82, 2.24) is 24.5 Å². The molecule has 2 aromatic heterocycles. The van der Waals surface area contributed by atoms with E-state index in [0.717, 1.165) is 5.69 Å². The van der Waals surface area contributed by atoms with Crippen LogP contribution < -0.4 is 4.90 Å². The Morgan fingerprint density at radius 2 is 2.18 bits per heavy atom. The molecule has 0 aliphatic carbocycles. The molecule has 3 heterocycles. The van der Waals surface area contributed by atoms with Crippen LogP contribution in [-0.4, -0.2) is 57.3 Å². The summed E-state index contributed by atoms with van der Waals surface area (Å²) in [7, 11) is 3.39. The van der Waals surface area contributed by atoms with Gasteiger partial charge in [0.2, 0.25) is 5.95 Å². The van der Waals surface area contributed by atoms with E-state index in [2.05, 4.69) is 15.3 Å². The first-order valence-electron chi connectivity index (χ1n) is 7.05. The lowest BCUT2D eigenvalue weighted by atomic mass is 10.3. The Kier molecular flexibility index (Phi) is 3.81. The normalized spacial score (nSPS) is 17.4. The average Bonchev–Trinajstić information content (AvgIpc) is 3.14. The monoisotopic (exact) mass is 312 g/mol. The summed E-state index contributed by atoms with van der Waals surface area (Å²) in [4.78, 5) is 1.57. The molecule has 22 heavy (non-hydrogen) atoms. The van der Waals surface area contributed by atoms with Crippen LogP contribution in [0.4, 0.5) is 14.7 Å². The molecule has 3 rings (SSSR count). The Balaban J connectivity index is 1.97. The van der Waals surface area contributed by atoms with Gasteiger partial charge in [0.15, 0.2) is 5.82 Å². The van der Waals surface area contributed by atoms with Gasteiger partial charge in [-0.15, -0.1) is 10.2 Å². The van der Waals surface area contributed by atoms with E-state index in [-0.39, 0.29) is 19.5 Å². The number of alkyl halides is 2. The molecule has 1 fully saturated rings. The van der Waals surface area contributed by atoms with Crippen molar-refractivity contribution in [3.05, 3.63) is 12.3 Å². The smallest absolute Gasteiger partial charge is 0.267 e. The van der Waals surface area contributed by atoms with Gasteiger partial charge in [-0.3, -0.25) is 9.25 Å². The highest BCUT2D eigenvalue weighted by atomic mass is 19.3. The zero-order chi connectivity index (χ0) is 15.7. The molecule has 0 spiro atoms. The minimum atomic E-state index is -2.68. The average molecular weight is 312 g/mol. The maximum atomic E-state index is 13.5. The van der Waals surface area contributed by atoms with Crippen molar-refractivity contribution in [1.29, 1.82) is 0 Å². The second-order valence-corrected chi connectivity index (χ2v) is 5.34. The summed E-state index contributed by atoms with van der Waals surface area (Å²) in [5.74, 6) is -1.63. The highest BCUT2D eigenvalue weighted by Crippen LogP contribution is 2.31. The van der Waals surface area contributed by atoms with E-state index in [0.29, 0.717) is 24.9 Å². The zero-order valence-corrected chi connectivity index (χ0v) is 12.5. The third-order valence-electron chi connectivity index (χ3n) is 3.75. The molecule has 1 saturated heterocycles. The zero-order valence-electron chi connectivity index (χ0n) is 12.5. The molecule has 0 saturated carbocycles. The molecule has 0 amide bonds. The maximum absolute atomic E-state index is 13.5. The quantitative estimate of drug-likeness (QED) is 0.829. The van der Waals surface area contributed by atoms with Crippen LogP contribution in [0.5, 0.6) is 0 Å². The topological polar surface area (TPSA) is 61.0 Å². The number of nitrogens with zero attached hydrogens (tertiary/aromatic N) is 6. The van der Waals surface area contributed by atoms with Crippen molar-refractivity contribution in [3.63, 3.8) is 0 Å². The number of aromatic nitrogens is 5. The van der Waals surface area contributed by atoms with E-state index in [1.54, 1.807) is 29.9 Å². The fourth-order valence-corrected chi connectivity index (χ4v) is 2.61. The Hall–Kier alpha value is -2.03. The lowest BCUT2D eigenvalue weighted by Crippen LogP contribution is -2.28. The molecule has 1 aliphatic rings. The highest BCUT2D eigenvalue weighted by molar-refractivity contribution is 5.53. The van der Waals surface area contributed by atoms with Crippen molar-refractivity contribution < 1.29 is 13.5 Å². The van der Waals surface area contributed by atoms with E-state index >= 15 is 0 Å². The van der Waals surface area contributed by atoms with Gasteiger partial charge in [-0.05, 0) is 6.07 Å². The van der Waals surface area contributed by atoms with Gasteiger partial charge >= 0.3 is 0 Å². The molecule has 0 unspecified atom stereocenters. The van der Waals surface area contributed by atoms with E-state index in [1.807, 2.05) is 10.6 Å². The summed E-state index contributed by atoms with van der Waals surface area (Å²) >= 11 is 0. The van der Waals surface area contributed by atoms with Crippen LogP contribution in [0, 0.1) is 0 Å². The summed E-state index contributed by atoms with van der Waals surface area (Å²) in [5.41, 5.74) is 0.779. The van der Waals surface area contributed by atoms with Crippen LogP contribution in [-0.2, 0) is 18.3 Å². The molecular weight excluding hydrogens is 294 g/mol. The van der Waals surface area contributed by atoms with E-state index in [9.17, 15) is 8.78 Å². The summed E-state index contributed by atoms with van der Waals surface area (Å²) < 4.78 is 35.5. The van der Waals surface area contributed by atoms with Gasteiger partial charge in [0.25, 0.3) is 5.92 Å². The molecule has 0 radical (unpaired) electrons. The van der Waals surface area contributed by atoms with Gasteiger partial charge in [0.05, 0.1) is 19.7 Å². The second kappa shape index (κ2) is 5.64. The number of hydrogen-bond acceptors (Lipinski definition) is 5. The van der Waals surface area contributed by atoms with Crippen LogP contribution in [0.3, 0.4) is 0 Å². The number of aryl methyl sites for hydroxylation is 1. The van der Waals surface area contributed by atoms with E-state index in [1.165, 1.54) is 0 Å². The summed E-state index contributed by atoms with van der Waals surface area (Å²) in [6.07, 6.45) is 1.50. The SMILES string of the molecule is COCCn1c(-c2ccnn2C)nnc1N1CCC(F)(F)C1. The minimum Gasteiger partial charge on any atom is -0.383 e. The van der Waals surface area contributed by atoms with Gasteiger partial charge in [-0.1, -0.05) is 0 Å². The third kappa shape index (κ3) is 2.68. The lowest BCUT2D eigenvalue weighted by Gasteiger charge is -2.18. The maximum Gasteiger partial charge on any atom is 0.267 e. The summed E-state index contributed by atoms with van der Waals surface area (Å²) in [5, 5.41) is 12.4. The predicted molar refractivity (Wildman–Crippen MR) is 75.9 cm³/mol. The molecule has 0 N–H and O–H groups in total. The Bertz CT molecular complexity index is 653. The van der Waals surface area contributed by atoms with Crippen molar-refractivity contribution in [3.8, 4) is 11.5 Å². The fourth-order valence-electron chi connectivity index (χ4n) is 2.61. The first-order valence-corrected chi connectivity index (χ1v) is 7.05. The Morgan fingerprint density at radius 3 is 2.77 bits per heavy atom. The number of anilines is 1. The van der Waals surface area contributed by atoms with Gasteiger partial charge in [0.1, 0.15) is 5.69 Å². The van der Waals surface area contributed by atoms with Gasteiger partial charge in [-0.2, -0.15) is 5.10 Å². The van der Waals surface area contributed by atoms with E-state index < -0.39 is 5.92 Å². The highest BCUT2D eigenvalue weighted by Gasteiger charge is 2.40. The summed E-state index contributed by atoms with van der Waals surface area (Å²) in [6.45, 7) is 0.870. The molecule has 120 valence electrons. The predicted octanol–water partition coefficient (Wildman–Crippen LogP) is 1.17. The molecule has 7 nitrogen and oxygen atoms in total. The van der Waals surface area contributed by atoms with Crippen LogP contribution in [0.15, 0.2) is 12.3 Å². The number of ether oxygens (including phenoxy) is 1. The van der Waals surface area contributed by atoms with Gasteiger partial charge < -0.3 is 9.64 Å². The van der Waals surface area contributed by atoms with Crippen molar-refractivity contribution >= 4 is 5.95 Å². The minimum absolute atomic E-state index is 0.162. The van der Waals surface area contributed by atoms with Crippen LogP contribution in [0.2, 0.25) is 0 Å². The van der Waals surface area contributed by atoms with Crippen molar-refractivity contribution in [2.75, 3.05) is 31.7 Å². The first-order chi connectivity index (χ1) is 10.5. The Morgan fingerprint density at radius 1 is 1.36 bits per heavy atom. The fraction of sp³-hybridized carbons (Fsp3) is 0.615. The first kappa shape index (κ1) is 14.9. The Labute approximate surface area is 126 Å². The van der Waals surface area contributed by atoms with Crippen LogP contribution in [0.25, 0.3) is 11.5 Å². The number of hydrogen-bond donors (Lipinski definition) is 0. The second-order valence-electron chi connectivity index (χ2n) is 5.34. The molecule has 0 bridgehead atoms. The van der Waals surface area contributed by atoms with Crippen molar-refractivity contribution in [2.45, 2.75) is 18.9 Å². The lowest BCUT2D eigenvalue weighted by molar-refractivity contribution is 0.0256. The molecular formula is C13H18F2N6O. The largest absolute Gasteiger partial charge is 0.383 e. The molecule has 2 aromatic rings. The number of halogens is 2. The number of methoxy groups -OCH3 is 1. The molecule has 9 heteroatoms. The van der Waals surface area contributed by atoms with Gasteiger partial charge in [-0.25, -0.2) is 8.78 Å². The molecule has 0 atom stereocenters. The van der Waals surface area contributed by atoms with E-state index in [4.69, 9.17) is 4.74 Å². The van der Waals surface area contributed by atoms with Crippen LogP contribution in [0.1, 0.15) is 6.42 Å². The van der Waals surface area contributed by atoms with Gasteiger partial charge in [0, 0.05) is 33.3 Å². The van der Waals surface area contributed by atoms with Crippen LogP contribution >= 0.6 is 0 Å². The number of rotatable bonds is 5. The summed E-state index contributed by atoms with van der Waals surface area (Å²) in [6, 6.07) is 1.82.